The van der Waals surface area contributed by atoms with Crippen molar-refractivity contribution >= 4 is 29.3 Å². The molecule has 2 N–H and O–H groups in total. The first-order valence-corrected chi connectivity index (χ1v) is 13.0. The molecule has 0 radical (unpaired) electrons. The molecule has 1 heterocycles. The Hall–Kier alpha value is -2.35. The summed E-state index contributed by atoms with van der Waals surface area (Å²) in [6.07, 6.45) is 2.58. The van der Waals surface area contributed by atoms with Crippen LogP contribution in [0.5, 0.6) is 0 Å². The van der Waals surface area contributed by atoms with Gasteiger partial charge in [0.05, 0.1) is 17.8 Å². The van der Waals surface area contributed by atoms with Gasteiger partial charge in [-0.1, -0.05) is 42.1 Å². The quantitative estimate of drug-likeness (QED) is 0.449. The first-order chi connectivity index (χ1) is 16.4. The summed E-state index contributed by atoms with van der Waals surface area (Å²) in [6.45, 7) is 8.75. The van der Waals surface area contributed by atoms with Crippen LogP contribution in [0.2, 0.25) is 0 Å². The molecule has 184 valence electrons. The molecule has 7 heteroatoms. The van der Waals surface area contributed by atoms with Gasteiger partial charge >= 0.3 is 0 Å². The molecule has 0 saturated carbocycles. The Morgan fingerprint density at radius 2 is 1.71 bits per heavy atom. The van der Waals surface area contributed by atoms with Gasteiger partial charge in [0.2, 0.25) is 11.8 Å². The van der Waals surface area contributed by atoms with Crippen LogP contribution in [0.25, 0.3) is 0 Å². The summed E-state index contributed by atoms with van der Waals surface area (Å²) in [7, 11) is 0. The number of carbonyl (C=O) groups is 2. The van der Waals surface area contributed by atoms with Crippen LogP contribution in [-0.2, 0) is 14.3 Å². The molecular weight excluding hydrogens is 446 g/mol. The Morgan fingerprint density at radius 1 is 1.03 bits per heavy atom. The summed E-state index contributed by atoms with van der Waals surface area (Å²) >= 11 is 1.64. The molecule has 2 aromatic carbocycles. The number of nitrogens with zero attached hydrogens (tertiary/aromatic N) is 1. The van der Waals surface area contributed by atoms with Crippen molar-refractivity contribution in [1.29, 1.82) is 0 Å². The lowest BCUT2D eigenvalue weighted by molar-refractivity contribution is -0.127. The summed E-state index contributed by atoms with van der Waals surface area (Å²) < 4.78 is 5.51. The molecule has 0 aliphatic carbocycles. The van der Waals surface area contributed by atoms with Crippen molar-refractivity contribution in [2.75, 3.05) is 31.6 Å². The maximum atomic E-state index is 13.0. The molecule has 1 unspecified atom stereocenters. The number of anilines is 1. The van der Waals surface area contributed by atoms with Crippen molar-refractivity contribution in [2.24, 2.45) is 5.92 Å². The monoisotopic (exact) mass is 483 g/mol. The molecule has 1 aliphatic rings. The highest BCUT2D eigenvalue weighted by Crippen LogP contribution is 2.33. The molecule has 0 aromatic heterocycles. The number of nitrogens with one attached hydrogen (secondary N) is 2. The lowest BCUT2D eigenvalue weighted by Crippen LogP contribution is -2.48. The third-order valence-corrected chi connectivity index (χ3v) is 7.10. The highest BCUT2D eigenvalue weighted by atomic mass is 32.2. The standard InChI is InChI=1S/C27H37N3O3S/c1-20(2)33-19-9-16-28-27(32)22-14-17-30(18-15-22)21(3)26(31)29-24-12-7-8-13-25(24)34-23-10-5-4-6-11-23/h4-8,10-13,20-22H,9,14-19H2,1-3H3,(H,28,32)(H,29,31). The Labute approximate surface area is 207 Å². The Morgan fingerprint density at radius 3 is 2.41 bits per heavy atom. The molecule has 3 rings (SSSR count). The summed E-state index contributed by atoms with van der Waals surface area (Å²) in [4.78, 5) is 29.8. The zero-order chi connectivity index (χ0) is 24.3. The number of para-hydroxylation sites is 1. The van der Waals surface area contributed by atoms with Crippen LogP contribution in [0.1, 0.15) is 40.0 Å². The number of benzene rings is 2. The minimum Gasteiger partial charge on any atom is -0.379 e. The second-order valence-electron chi connectivity index (χ2n) is 8.95. The summed E-state index contributed by atoms with van der Waals surface area (Å²) in [5, 5.41) is 6.15. The molecule has 1 aliphatic heterocycles. The van der Waals surface area contributed by atoms with Gasteiger partial charge in [0.1, 0.15) is 0 Å². The van der Waals surface area contributed by atoms with Crippen LogP contribution in [0.3, 0.4) is 0 Å². The molecule has 2 aromatic rings. The van der Waals surface area contributed by atoms with E-state index in [9.17, 15) is 9.59 Å². The van der Waals surface area contributed by atoms with Crippen LogP contribution >= 0.6 is 11.8 Å². The van der Waals surface area contributed by atoms with Gasteiger partial charge in [-0.15, -0.1) is 0 Å². The van der Waals surface area contributed by atoms with Gasteiger partial charge in [-0.3, -0.25) is 14.5 Å². The van der Waals surface area contributed by atoms with Gasteiger partial charge in [-0.2, -0.15) is 0 Å². The summed E-state index contributed by atoms with van der Waals surface area (Å²) in [5.74, 6) is 0.114. The topological polar surface area (TPSA) is 70.7 Å². The van der Waals surface area contributed by atoms with Crippen molar-refractivity contribution in [3.8, 4) is 0 Å². The van der Waals surface area contributed by atoms with Gasteiger partial charge in [0, 0.05) is 28.9 Å². The number of likely N-dealkylation sites (tertiary alicyclic amines) is 1. The van der Waals surface area contributed by atoms with Crippen molar-refractivity contribution in [2.45, 2.75) is 62.0 Å². The molecule has 1 fully saturated rings. The average Bonchev–Trinajstić information content (AvgIpc) is 2.85. The average molecular weight is 484 g/mol. The highest BCUT2D eigenvalue weighted by molar-refractivity contribution is 7.99. The molecular formula is C27H37N3O3S. The van der Waals surface area contributed by atoms with Crippen LogP contribution in [0.4, 0.5) is 5.69 Å². The smallest absolute Gasteiger partial charge is 0.241 e. The molecule has 1 atom stereocenters. The minimum absolute atomic E-state index is 0.0144. The second-order valence-corrected chi connectivity index (χ2v) is 10.1. The zero-order valence-electron chi connectivity index (χ0n) is 20.5. The number of hydrogen-bond acceptors (Lipinski definition) is 5. The maximum Gasteiger partial charge on any atom is 0.241 e. The molecule has 0 spiro atoms. The number of carbonyl (C=O) groups excluding carboxylic acids is 2. The van der Waals surface area contributed by atoms with E-state index < -0.39 is 0 Å². The van der Waals surface area contributed by atoms with E-state index in [1.807, 2.05) is 63.2 Å². The molecule has 2 amide bonds. The Bertz CT molecular complexity index is 914. The Balaban J connectivity index is 1.45. The Kier molecular flexibility index (Phi) is 10.4. The van der Waals surface area contributed by atoms with Gasteiger partial charge in [-0.05, 0) is 77.4 Å². The van der Waals surface area contributed by atoms with Gasteiger partial charge in [-0.25, -0.2) is 0 Å². The fourth-order valence-corrected chi connectivity index (χ4v) is 4.90. The maximum absolute atomic E-state index is 13.0. The summed E-state index contributed by atoms with van der Waals surface area (Å²) in [5.41, 5.74) is 0.823. The van der Waals surface area contributed by atoms with E-state index in [0.29, 0.717) is 13.2 Å². The van der Waals surface area contributed by atoms with E-state index in [2.05, 4.69) is 27.7 Å². The van der Waals surface area contributed by atoms with E-state index in [1.54, 1.807) is 11.8 Å². The molecule has 1 saturated heterocycles. The van der Waals surface area contributed by atoms with Gasteiger partial charge < -0.3 is 15.4 Å². The first-order valence-electron chi connectivity index (χ1n) is 12.2. The number of rotatable bonds is 11. The third kappa shape index (κ3) is 8.15. The third-order valence-electron chi connectivity index (χ3n) is 6.01. The highest BCUT2D eigenvalue weighted by Gasteiger charge is 2.29. The second kappa shape index (κ2) is 13.5. The molecule has 0 bridgehead atoms. The minimum atomic E-state index is -0.257. The normalized spacial score (nSPS) is 15.8. The molecule has 34 heavy (non-hydrogen) atoms. The van der Waals surface area contributed by atoms with E-state index >= 15 is 0 Å². The van der Waals surface area contributed by atoms with Crippen LogP contribution < -0.4 is 10.6 Å². The van der Waals surface area contributed by atoms with Crippen molar-refractivity contribution in [3.05, 3.63) is 54.6 Å². The van der Waals surface area contributed by atoms with E-state index in [0.717, 1.165) is 47.8 Å². The van der Waals surface area contributed by atoms with Gasteiger partial charge in [0.15, 0.2) is 0 Å². The number of piperidine rings is 1. The number of hydrogen-bond donors (Lipinski definition) is 2. The van der Waals surface area contributed by atoms with Crippen molar-refractivity contribution < 1.29 is 14.3 Å². The molecule has 6 nitrogen and oxygen atoms in total. The number of ether oxygens (including phenoxy) is 1. The van der Waals surface area contributed by atoms with Gasteiger partial charge in [0.25, 0.3) is 0 Å². The first kappa shape index (κ1) is 26.3. The summed E-state index contributed by atoms with van der Waals surface area (Å²) in [6, 6.07) is 17.8. The lowest BCUT2D eigenvalue weighted by atomic mass is 9.95. The zero-order valence-corrected chi connectivity index (χ0v) is 21.3. The van der Waals surface area contributed by atoms with Crippen molar-refractivity contribution in [3.63, 3.8) is 0 Å². The fraction of sp³-hybridized carbons (Fsp3) is 0.481. The largest absolute Gasteiger partial charge is 0.379 e. The van der Waals surface area contributed by atoms with E-state index in [1.165, 1.54) is 0 Å². The lowest BCUT2D eigenvalue weighted by Gasteiger charge is -2.34. The van der Waals surface area contributed by atoms with Crippen LogP contribution in [0, 0.1) is 5.92 Å². The predicted octanol–water partition coefficient (Wildman–Crippen LogP) is 4.81. The number of amides is 2. The predicted molar refractivity (Wildman–Crippen MR) is 138 cm³/mol. The van der Waals surface area contributed by atoms with Crippen molar-refractivity contribution in [1.82, 2.24) is 10.2 Å². The van der Waals surface area contributed by atoms with E-state index in [-0.39, 0.29) is 29.9 Å². The van der Waals surface area contributed by atoms with Crippen LogP contribution in [0.15, 0.2) is 64.4 Å². The van der Waals surface area contributed by atoms with E-state index in [4.69, 9.17) is 4.74 Å². The fourth-order valence-electron chi connectivity index (χ4n) is 3.97. The van der Waals surface area contributed by atoms with Crippen LogP contribution in [-0.4, -0.2) is 55.1 Å². The SMILES string of the molecule is CC(C)OCCCNC(=O)C1CCN(C(C)C(=O)Nc2ccccc2Sc2ccccc2)CC1.